The third kappa shape index (κ3) is 2.59. The third-order valence-corrected chi connectivity index (χ3v) is 3.17. The molecule has 2 heterocycles. The quantitative estimate of drug-likeness (QED) is 0.711. The number of benzene rings is 1. The van der Waals surface area contributed by atoms with Gasteiger partial charge in [0.05, 0.1) is 0 Å². The van der Waals surface area contributed by atoms with Crippen molar-refractivity contribution < 1.29 is 22.3 Å². The van der Waals surface area contributed by atoms with Crippen LogP contribution in [0.15, 0.2) is 22.6 Å². The highest BCUT2D eigenvalue weighted by Crippen LogP contribution is 2.34. The molecule has 0 fully saturated rings. The summed E-state index contributed by atoms with van der Waals surface area (Å²) in [5.74, 6) is 0.270. The van der Waals surface area contributed by atoms with Crippen LogP contribution in [0.3, 0.4) is 0 Å². The first kappa shape index (κ1) is 14.6. The molecule has 0 amide bonds. The summed E-state index contributed by atoms with van der Waals surface area (Å²) in [6.45, 7) is 1.81. The van der Waals surface area contributed by atoms with Gasteiger partial charge >= 0.3 is 6.18 Å². The predicted molar refractivity (Wildman–Crippen MR) is 74.4 cm³/mol. The number of aromatic amines is 1. The smallest absolute Gasteiger partial charge is 0.435 e. The Morgan fingerprint density at radius 2 is 2.05 bits per heavy atom. The van der Waals surface area contributed by atoms with Crippen molar-refractivity contribution in [3.63, 3.8) is 0 Å². The lowest BCUT2D eigenvalue weighted by atomic mass is 10.2. The summed E-state index contributed by atoms with van der Waals surface area (Å²) in [7, 11) is 1.37. The van der Waals surface area contributed by atoms with Gasteiger partial charge in [-0.2, -0.15) is 18.3 Å². The summed E-state index contributed by atoms with van der Waals surface area (Å²) in [5, 5.41) is 3.40. The number of oxazole rings is 1. The highest BCUT2D eigenvalue weighted by Gasteiger charge is 2.35. The molecule has 9 heteroatoms. The maximum atomic E-state index is 12.7. The molecule has 0 unspecified atom stereocenters. The maximum Gasteiger partial charge on any atom is 0.435 e. The lowest BCUT2D eigenvalue weighted by Gasteiger charge is -2.06. The standard InChI is InChI=1S/C13H10F3N3O2S/c1-6-3-7(11-8(4-6)21-12(22)17-11)20-10-5-9(13(14,15)16)18-19(10)2/h3-5H,1-2H3,(H,17,22). The minimum atomic E-state index is -4.53. The van der Waals surface area contributed by atoms with Crippen LogP contribution in [0.25, 0.3) is 11.1 Å². The predicted octanol–water partition coefficient (Wildman–Crippen LogP) is 4.34. The fourth-order valence-electron chi connectivity index (χ4n) is 2.03. The van der Waals surface area contributed by atoms with Gasteiger partial charge in [0.2, 0.25) is 5.88 Å². The first-order chi connectivity index (χ1) is 10.2. The number of rotatable bonds is 2. The van der Waals surface area contributed by atoms with Crippen molar-refractivity contribution in [2.75, 3.05) is 0 Å². The summed E-state index contributed by atoms with van der Waals surface area (Å²) in [5.41, 5.74) is 0.746. The number of hydrogen-bond donors (Lipinski definition) is 1. The van der Waals surface area contributed by atoms with Gasteiger partial charge < -0.3 is 14.1 Å². The average molecular weight is 329 g/mol. The number of alkyl halides is 3. The van der Waals surface area contributed by atoms with Crippen molar-refractivity contribution in [3.05, 3.63) is 34.3 Å². The van der Waals surface area contributed by atoms with Gasteiger partial charge in [-0.05, 0) is 36.8 Å². The second-order valence-corrected chi connectivity index (χ2v) is 5.11. The first-order valence-electron chi connectivity index (χ1n) is 6.16. The van der Waals surface area contributed by atoms with Crippen molar-refractivity contribution in [1.82, 2.24) is 14.8 Å². The molecule has 0 aliphatic heterocycles. The molecule has 116 valence electrons. The lowest BCUT2D eigenvalue weighted by Crippen LogP contribution is -2.06. The van der Waals surface area contributed by atoms with Gasteiger partial charge in [-0.15, -0.1) is 0 Å². The van der Waals surface area contributed by atoms with E-state index in [2.05, 4.69) is 10.1 Å². The van der Waals surface area contributed by atoms with E-state index in [-0.39, 0.29) is 10.7 Å². The molecule has 5 nitrogen and oxygen atoms in total. The van der Waals surface area contributed by atoms with Gasteiger partial charge in [0, 0.05) is 13.1 Å². The van der Waals surface area contributed by atoms with E-state index in [0.717, 1.165) is 16.3 Å². The number of aromatic nitrogens is 3. The summed E-state index contributed by atoms with van der Waals surface area (Å²) >= 11 is 4.92. The van der Waals surface area contributed by atoms with E-state index < -0.39 is 11.9 Å². The van der Waals surface area contributed by atoms with Crippen molar-refractivity contribution >= 4 is 23.3 Å². The maximum absolute atomic E-state index is 12.7. The SMILES string of the molecule is Cc1cc(Oc2cc(C(F)(F)F)nn2C)c2[nH]c(=S)oc2c1. The van der Waals surface area contributed by atoms with E-state index >= 15 is 0 Å². The van der Waals surface area contributed by atoms with Gasteiger partial charge in [0.25, 0.3) is 4.84 Å². The molecule has 3 rings (SSSR count). The summed E-state index contributed by atoms with van der Waals surface area (Å²) in [6.07, 6.45) is -4.53. The zero-order chi connectivity index (χ0) is 16.1. The molecule has 1 N–H and O–H groups in total. The molecule has 0 saturated heterocycles. The Hall–Kier alpha value is -2.29. The van der Waals surface area contributed by atoms with Crippen LogP contribution in [0.4, 0.5) is 13.2 Å². The molecular formula is C13H10F3N3O2S. The van der Waals surface area contributed by atoms with Crippen LogP contribution in [0.5, 0.6) is 11.6 Å². The molecule has 3 aromatic rings. The monoisotopic (exact) mass is 329 g/mol. The van der Waals surface area contributed by atoms with Gasteiger partial charge in [-0.25, -0.2) is 4.68 Å². The van der Waals surface area contributed by atoms with Crippen molar-refractivity contribution in [2.24, 2.45) is 7.05 Å². The second kappa shape index (κ2) is 4.87. The van der Waals surface area contributed by atoms with E-state index in [9.17, 15) is 13.2 Å². The number of hydrogen-bond acceptors (Lipinski definition) is 4. The van der Waals surface area contributed by atoms with Crippen molar-refractivity contribution in [2.45, 2.75) is 13.1 Å². The van der Waals surface area contributed by atoms with Gasteiger partial charge in [-0.1, -0.05) is 0 Å². The van der Waals surface area contributed by atoms with Gasteiger partial charge in [0.1, 0.15) is 5.52 Å². The fourth-order valence-corrected chi connectivity index (χ4v) is 2.22. The molecule has 0 atom stereocenters. The highest BCUT2D eigenvalue weighted by atomic mass is 32.1. The summed E-state index contributed by atoms with van der Waals surface area (Å²) in [4.78, 5) is 2.96. The number of fused-ring (bicyclic) bond motifs is 1. The minimum Gasteiger partial charge on any atom is -0.437 e. The zero-order valence-corrected chi connectivity index (χ0v) is 12.3. The minimum absolute atomic E-state index is 0.0419. The lowest BCUT2D eigenvalue weighted by molar-refractivity contribution is -0.141. The molecule has 22 heavy (non-hydrogen) atoms. The number of nitrogens with one attached hydrogen (secondary N) is 1. The van der Waals surface area contributed by atoms with Gasteiger partial charge in [-0.3, -0.25) is 0 Å². The normalized spacial score (nSPS) is 12.0. The van der Waals surface area contributed by atoms with Crippen LogP contribution in [0.1, 0.15) is 11.3 Å². The van der Waals surface area contributed by atoms with Crippen LogP contribution >= 0.6 is 12.2 Å². The van der Waals surface area contributed by atoms with Crippen molar-refractivity contribution in [3.8, 4) is 11.6 Å². The van der Waals surface area contributed by atoms with E-state index in [1.807, 2.05) is 6.92 Å². The second-order valence-electron chi connectivity index (χ2n) is 4.74. The zero-order valence-electron chi connectivity index (χ0n) is 11.5. The Bertz CT molecular complexity index is 908. The Kier molecular flexibility index (Phi) is 3.24. The number of nitrogens with zero attached hydrogens (tertiary/aromatic N) is 2. The van der Waals surface area contributed by atoms with Crippen LogP contribution < -0.4 is 4.74 Å². The number of H-pyrrole nitrogens is 1. The number of halogens is 3. The molecule has 0 spiro atoms. The summed E-state index contributed by atoms with van der Waals surface area (Å²) < 4.78 is 49.9. The molecule has 0 bridgehead atoms. The molecular weight excluding hydrogens is 319 g/mol. The molecule has 0 radical (unpaired) electrons. The number of aryl methyl sites for hydroxylation is 2. The third-order valence-electron chi connectivity index (χ3n) is 2.98. The van der Waals surface area contributed by atoms with Crippen molar-refractivity contribution in [1.29, 1.82) is 0 Å². The average Bonchev–Trinajstić information content (AvgIpc) is 2.92. The fraction of sp³-hybridized carbons (Fsp3) is 0.231. The highest BCUT2D eigenvalue weighted by molar-refractivity contribution is 7.71. The van der Waals surface area contributed by atoms with Crippen LogP contribution in [-0.4, -0.2) is 14.8 Å². The Morgan fingerprint density at radius 3 is 2.68 bits per heavy atom. The first-order valence-corrected chi connectivity index (χ1v) is 6.57. The summed E-state index contributed by atoms with van der Waals surface area (Å²) in [6, 6.07) is 4.26. The molecule has 0 saturated carbocycles. The Balaban J connectivity index is 2.07. The van der Waals surface area contributed by atoms with E-state index in [1.165, 1.54) is 7.05 Å². The molecule has 2 aromatic heterocycles. The Morgan fingerprint density at radius 1 is 1.32 bits per heavy atom. The molecule has 0 aliphatic carbocycles. The topological polar surface area (TPSA) is 56.0 Å². The molecule has 1 aromatic carbocycles. The van der Waals surface area contributed by atoms with Gasteiger partial charge in [0.15, 0.2) is 17.0 Å². The van der Waals surface area contributed by atoms with E-state index in [0.29, 0.717) is 16.8 Å². The largest absolute Gasteiger partial charge is 0.437 e. The number of ether oxygens (including phenoxy) is 1. The van der Waals surface area contributed by atoms with E-state index in [4.69, 9.17) is 21.4 Å². The van der Waals surface area contributed by atoms with Crippen LogP contribution in [0.2, 0.25) is 0 Å². The molecule has 0 aliphatic rings. The van der Waals surface area contributed by atoms with Crippen LogP contribution in [0, 0.1) is 11.8 Å². The van der Waals surface area contributed by atoms with Crippen LogP contribution in [-0.2, 0) is 13.2 Å². The Labute approximate surface area is 127 Å². The van der Waals surface area contributed by atoms with E-state index in [1.54, 1.807) is 12.1 Å².